The Balaban J connectivity index is 1.06. The molecule has 5 heterocycles. The predicted octanol–water partition coefficient (Wildman–Crippen LogP) is 3.83. The molecular formula is C40H35BF2N8O5S. The van der Waals surface area contributed by atoms with Crippen LogP contribution in [-0.4, -0.2) is 76.7 Å². The maximum atomic E-state index is 16.0. The van der Waals surface area contributed by atoms with Gasteiger partial charge in [0.25, 0.3) is 5.91 Å². The summed E-state index contributed by atoms with van der Waals surface area (Å²) in [6.07, 6.45) is 6.84. The van der Waals surface area contributed by atoms with Gasteiger partial charge in [0.1, 0.15) is 29.7 Å². The Morgan fingerprint density at radius 1 is 0.965 bits per heavy atom. The van der Waals surface area contributed by atoms with Crippen LogP contribution in [-0.2, 0) is 26.2 Å². The lowest BCUT2D eigenvalue weighted by Gasteiger charge is -2.29. The Hall–Kier alpha value is -6.49. The van der Waals surface area contributed by atoms with Crippen LogP contribution in [0.4, 0.5) is 26.0 Å². The zero-order valence-corrected chi connectivity index (χ0v) is 31.7. The van der Waals surface area contributed by atoms with Crippen molar-refractivity contribution in [2.24, 2.45) is 0 Å². The third-order valence-electron chi connectivity index (χ3n) is 10.2. The van der Waals surface area contributed by atoms with Crippen molar-refractivity contribution in [3.8, 4) is 16.8 Å². The van der Waals surface area contributed by atoms with Crippen LogP contribution in [0.25, 0.3) is 27.8 Å². The van der Waals surface area contributed by atoms with Gasteiger partial charge in [-0.05, 0) is 54.8 Å². The summed E-state index contributed by atoms with van der Waals surface area (Å²) >= 11 is 0. The molecule has 1 atom stereocenters. The average Bonchev–Trinajstić information content (AvgIpc) is 3.73. The molecule has 1 unspecified atom stereocenters. The van der Waals surface area contributed by atoms with E-state index < -0.39 is 39.3 Å². The molecule has 288 valence electrons. The SMILES string of the molecule is CCCS(=O)(=O)Nc1ccc(F)c(-n2cc(-c3cncnc3)c3nc(N(C)c4ccc(Bc5ccc6c(c5)C(=O)N(C5CCC(=O)NC5=O)C6)cc4)ccc32)c1F. The van der Waals surface area contributed by atoms with E-state index in [9.17, 15) is 22.8 Å². The third-order valence-corrected chi connectivity index (χ3v) is 11.7. The lowest BCUT2D eigenvalue weighted by Crippen LogP contribution is -2.52. The summed E-state index contributed by atoms with van der Waals surface area (Å²) < 4.78 is 60.0. The number of hydrogen-bond donors (Lipinski definition) is 2. The quantitative estimate of drug-likeness (QED) is 0.147. The van der Waals surface area contributed by atoms with E-state index in [-0.39, 0.29) is 29.7 Å². The molecule has 0 radical (unpaired) electrons. The summed E-state index contributed by atoms with van der Waals surface area (Å²) in [6, 6.07) is 18.4. The van der Waals surface area contributed by atoms with Crippen LogP contribution in [0.1, 0.15) is 42.1 Å². The van der Waals surface area contributed by atoms with E-state index in [1.165, 1.54) is 22.0 Å². The number of amides is 3. The fourth-order valence-corrected chi connectivity index (χ4v) is 8.49. The zero-order chi connectivity index (χ0) is 40.0. The third kappa shape index (κ3) is 7.21. The number of halogens is 2. The van der Waals surface area contributed by atoms with Crippen LogP contribution >= 0.6 is 0 Å². The number of carbonyl (C=O) groups is 3. The van der Waals surface area contributed by atoms with Crippen molar-refractivity contribution in [1.82, 2.24) is 29.7 Å². The summed E-state index contributed by atoms with van der Waals surface area (Å²) in [4.78, 5) is 54.0. The molecule has 1 fully saturated rings. The molecule has 0 saturated carbocycles. The first-order chi connectivity index (χ1) is 27.4. The van der Waals surface area contributed by atoms with E-state index in [1.807, 2.05) is 54.4 Å². The minimum atomic E-state index is -3.86. The average molecular weight is 789 g/mol. The van der Waals surface area contributed by atoms with Crippen molar-refractivity contribution in [2.45, 2.75) is 38.8 Å². The number of rotatable bonds is 11. The molecule has 0 bridgehead atoms. The Labute approximate surface area is 327 Å². The highest BCUT2D eigenvalue weighted by Crippen LogP contribution is 2.36. The number of imide groups is 1. The van der Waals surface area contributed by atoms with Crippen molar-refractivity contribution >= 4 is 74.2 Å². The van der Waals surface area contributed by atoms with E-state index in [0.29, 0.717) is 60.2 Å². The Kier molecular flexibility index (Phi) is 9.77. The van der Waals surface area contributed by atoms with E-state index in [1.54, 1.807) is 31.5 Å². The molecule has 57 heavy (non-hydrogen) atoms. The Morgan fingerprint density at radius 3 is 2.46 bits per heavy atom. The highest BCUT2D eigenvalue weighted by atomic mass is 32.2. The summed E-state index contributed by atoms with van der Waals surface area (Å²) in [5, 5.41) is 2.33. The first-order valence-electron chi connectivity index (χ1n) is 18.3. The maximum Gasteiger partial charge on any atom is 0.255 e. The number of carbonyl (C=O) groups excluding carboxylic acids is 3. The Morgan fingerprint density at radius 2 is 1.72 bits per heavy atom. The number of fused-ring (bicyclic) bond motifs is 2. The number of hydrogen-bond acceptors (Lipinski definition) is 9. The fraction of sp³-hybridized carbons (Fsp3) is 0.200. The molecular weight excluding hydrogens is 753 g/mol. The molecule has 2 aliphatic heterocycles. The smallest absolute Gasteiger partial charge is 0.255 e. The normalized spacial score (nSPS) is 15.5. The topological polar surface area (TPSA) is 159 Å². The molecule has 2 aliphatic rings. The van der Waals surface area contributed by atoms with Crippen molar-refractivity contribution in [3.05, 3.63) is 114 Å². The number of aromatic nitrogens is 4. The number of pyridine rings is 1. The lowest BCUT2D eigenvalue weighted by molar-refractivity contribution is -0.136. The van der Waals surface area contributed by atoms with E-state index in [0.717, 1.165) is 34.3 Å². The van der Waals surface area contributed by atoms with Gasteiger partial charge in [0.05, 0.1) is 22.5 Å². The minimum Gasteiger partial charge on any atom is -0.329 e. The summed E-state index contributed by atoms with van der Waals surface area (Å²) in [6.45, 7) is 2.00. The molecule has 3 amide bonds. The summed E-state index contributed by atoms with van der Waals surface area (Å²) in [5.74, 6) is -2.66. The van der Waals surface area contributed by atoms with Gasteiger partial charge in [-0.3, -0.25) is 24.4 Å². The van der Waals surface area contributed by atoms with E-state index in [4.69, 9.17) is 4.98 Å². The minimum absolute atomic E-state index is 0.196. The van der Waals surface area contributed by atoms with Crippen LogP contribution < -0.4 is 25.9 Å². The van der Waals surface area contributed by atoms with Crippen molar-refractivity contribution in [1.29, 1.82) is 0 Å². The fourth-order valence-electron chi connectivity index (χ4n) is 7.36. The van der Waals surface area contributed by atoms with Crippen LogP contribution in [0.2, 0.25) is 0 Å². The number of piperidine rings is 1. The highest BCUT2D eigenvalue weighted by molar-refractivity contribution is 7.92. The van der Waals surface area contributed by atoms with Crippen LogP contribution in [0, 0.1) is 11.6 Å². The standard InChI is InChI=1S/C40H35BF2N8O5S/c1-3-16-57(55,56)48-31-11-10-30(42)38(36(31)43)50-21-29(24-18-44-22-45-19-24)37-32(50)12-14-34(46-37)49(2)27-8-6-25(7-9-27)41-26-5-4-23-20-51(40(54)28(23)17-26)33-13-15-35(52)47-39(33)53/h4-12,14,17-19,21-22,33,41,48H,3,13,15-16,20H2,1-2H3,(H,47,52,53). The summed E-state index contributed by atoms with van der Waals surface area (Å²) in [7, 11) is -1.46. The molecule has 13 nitrogen and oxygen atoms in total. The molecule has 17 heteroatoms. The number of nitrogens with one attached hydrogen (secondary N) is 2. The molecule has 1 saturated heterocycles. The van der Waals surface area contributed by atoms with Gasteiger partial charge < -0.3 is 14.4 Å². The van der Waals surface area contributed by atoms with Gasteiger partial charge in [0, 0.05) is 61.0 Å². The van der Waals surface area contributed by atoms with Crippen LogP contribution in [0.15, 0.2) is 91.6 Å². The maximum absolute atomic E-state index is 16.0. The molecule has 0 spiro atoms. The van der Waals surface area contributed by atoms with Crippen LogP contribution in [0.3, 0.4) is 0 Å². The van der Waals surface area contributed by atoms with E-state index >= 15 is 8.78 Å². The second kappa shape index (κ2) is 14.9. The van der Waals surface area contributed by atoms with Crippen LogP contribution in [0.5, 0.6) is 0 Å². The molecule has 3 aromatic carbocycles. The second-order valence-electron chi connectivity index (χ2n) is 14.0. The largest absolute Gasteiger partial charge is 0.329 e. The molecule has 8 rings (SSSR count). The first kappa shape index (κ1) is 37.4. The second-order valence-corrected chi connectivity index (χ2v) is 15.9. The Bertz CT molecular complexity index is 2700. The lowest BCUT2D eigenvalue weighted by atomic mass is 9.63. The monoisotopic (exact) mass is 788 g/mol. The van der Waals surface area contributed by atoms with E-state index in [2.05, 4.69) is 20.0 Å². The number of nitrogens with zero attached hydrogens (tertiary/aromatic N) is 6. The summed E-state index contributed by atoms with van der Waals surface area (Å²) in [5.41, 5.74) is 5.10. The molecule has 6 aromatic rings. The van der Waals surface area contributed by atoms with Crippen molar-refractivity contribution in [2.75, 3.05) is 22.4 Å². The van der Waals surface area contributed by atoms with Gasteiger partial charge in [-0.2, -0.15) is 0 Å². The van der Waals surface area contributed by atoms with Crippen molar-refractivity contribution < 1.29 is 31.6 Å². The number of benzene rings is 3. The molecule has 0 aliphatic carbocycles. The zero-order valence-electron chi connectivity index (χ0n) is 30.9. The van der Waals surface area contributed by atoms with Gasteiger partial charge in [0.15, 0.2) is 13.1 Å². The first-order valence-corrected chi connectivity index (χ1v) is 19.9. The van der Waals surface area contributed by atoms with Gasteiger partial charge in [-0.1, -0.05) is 48.2 Å². The number of anilines is 3. The molecule has 3 aromatic heterocycles. The molecule has 2 N–H and O–H groups in total. The van der Waals surface area contributed by atoms with Gasteiger partial charge in [-0.25, -0.2) is 32.2 Å². The van der Waals surface area contributed by atoms with Gasteiger partial charge in [-0.15, -0.1) is 0 Å². The van der Waals surface area contributed by atoms with Crippen molar-refractivity contribution in [3.63, 3.8) is 0 Å². The van der Waals surface area contributed by atoms with Gasteiger partial charge in [0.2, 0.25) is 21.8 Å². The highest BCUT2D eigenvalue weighted by Gasteiger charge is 2.39. The number of sulfonamides is 1. The predicted molar refractivity (Wildman–Crippen MR) is 213 cm³/mol. The van der Waals surface area contributed by atoms with Gasteiger partial charge >= 0.3 is 0 Å².